The molecule has 4 nitrogen and oxygen atoms in total. The molecule has 1 amide bonds. The first-order valence-corrected chi connectivity index (χ1v) is 8.45. The van der Waals surface area contributed by atoms with Crippen molar-refractivity contribution in [3.63, 3.8) is 0 Å². The topological polar surface area (TPSA) is 50.4 Å². The third-order valence-electron chi connectivity index (χ3n) is 4.07. The average Bonchev–Trinajstić information content (AvgIpc) is 3.03. The molecule has 0 atom stereocenters. The van der Waals surface area contributed by atoms with Crippen LogP contribution in [0.3, 0.4) is 0 Å². The van der Waals surface area contributed by atoms with E-state index in [-0.39, 0.29) is 5.91 Å². The fourth-order valence-corrected chi connectivity index (χ4v) is 2.81. The molecule has 1 aromatic carbocycles. The number of carbonyl (C=O) groups excluding carboxylic acids is 1. The lowest BCUT2D eigenvalue weighted by Crippen LogP contribution is -2.26. The highest BCUT2D eigenvalue weighted by Gasteiger charge is 2.16. The predicted octanol–water partition coefficient (Wildman–Crippen LogP) is 2.67. The Kier molecular flexibility index (Phi) is 7.23. The molecule has 22 heavy (non-hydrogen) atoms. The highest BCUT2D eigenvalue weighted by molar-refractivity contribution is 5.76. The molecule has 0 saturated heterocycles. The van der Waals surface area contributed by atoms with Gasteiger partial charge in [-0.2, -0.15) is 0 Å². The molecule has 1 aliphatic carbocycles. The van der Waals surface area contributed by atoms with Crippen LogP contribution in [0.4, 0.5) is 0 Å². The zero-order valence-corrected chi connectivity index (χ0v) is 13.6. The molecular weight excluding hydrogens is 276 g/mol. The van der Waals surface area contributed by atoms with Crippen LogP contribution in [-0.2, 0) is 11.2 Å². The summed E-state index contributed by atoms with van der Waals surface area (Å²) in [4.78, 5) is 11.8. The lowest BCUT2D eigenvalue weighted by Gasteiger charge is -2.13. The summed E-state index contributed by atoms with van der Waals surface area (Å²) < 4.78 is 6.01. The lowest BCUT2D eigenvalue weighted by molar-refractivity contribution is -0.121. The van der Waals surface area contributed by atoms with E-state index in [9.17, 15) is 4.79 Å². The molecule has 0 aliphatic heterocycles. The van der Waals surface area contributed by atoms with Crippen molar-refractivity contribution in [3.05, 3.63) is 29.8 Å². The van der Waals surface area contributed by atoms with Crippen LogP contribution < -0.4 is 15.4 Å². The van der Waals surface area contributed by atoms with Crippen molar-refractivity contribution in [3.8, 4) is 5.75 Å². The van der Waals surface area contributed by atoms with Gasteiger partial charge in [0.2, 0.25) is 5.91 Å². The molecule has 0 aromatic heterocycles. The molecule has 2 rings (SSSR count). The Bertz CT molecular complexity index is 456. The SMILES string of the molecule is CNCCCNC(=O)CCc1cccc(OC2CCCC2)c1. The van der Waals surface area contributed by atoms with E-state index in [4.69, 9.17) is 4.74 Å². The number of nitrogens with one attached hydrogen (secondary N) is 2. The molecule has 0 unspecified atom stereocenters. The van der Waals surface area contributed by atoms with Gasteiger partial charge in [0.1, 0.15) is 5.75 Å². The summed E-state index contributed by atoms with van der Waals surface area (Å²) in [6, 6.07) is 8.17. The second-order valence-corrected chi connectivity index (χ2v) is 5.98. The summed E-state index contributed by atoms with van der Waals surface area (Å²) in [6.07, 6.45) is 7.53. The first kappa shape index (κ1) is 16.8. The van der Waals surface area contributed by atoms with Gasteiger partial charge in [-0.15, -0.1) is 0 Å². The second kappa shape index (κ2) is 9.46. The second-order valence-electron chi connectivity index (χ2n) is 5.98. The van der Waals surface area contributed by atoms with Crippen LogP contribution >= 0.6 is 0 Å². The van der Waals surface area contributed by atoms with E-state index in [0.29, 0.717) is 12.5 Å². The first-order chi connectivity index (χ1) is 10.8. The highest BCUT2D eigenvalue weighted by atomic mass is 16.5. The van der Waals surface area contributed by atoms with Crippen molar-refractivity contribution < 1.29 is 9.53 Å². The monoisotopic (exact) mass is 304 g/mol. The van der Waals surface area contributed by atoms with Gasteiger partial charge in [0.15, 0.2) is 0 Å². The third kappa shape index (κ3) is 6.06. The summed E-state index contributed by atoms with van der Waals surface area (Å²) in [7, 11) is 1.92. The Labute approximate surface area is 133 Å². The molecule has 1 fully saturated rings. The quantitative estimate of drug-likeness (QED) is 0.690. The predicted molar refractivity (Wildman–Crippen MR) is 89.2 cm³/mol. The number of benzene rings is 1. The molecule has 0 heterocycles. The minimum atomic E-state index is 0.123. The van der Waals surface area contributed by atoms with Gasteiger partial charge in [-0.3, -0.25) is 4.79 Å². The van der Waals surface area contributed by atoms with Crippen LogP contribution in [0.1, 0.15) is 44.1 Å². The number of carbonyl (C=O) groups is 1. The van der Waals surface area contributed by atoms with E-state index in [0.717, 1.165) is 31.7 Å². The summed E-state index contributed by atoms with van der Waals surface area (Å²) in [6.45, 7) is 1.67. The maximum Gasteiger partial charge on any atom is 0.220 e. The Hall–Kier alpha value is -1.55. The van der Waals surface area contributed by atoms with E-state index in [1.165, 1.54) is 31.2 Å². The van der Waals surface area contributed by atoms with Gasteiger partial charge in [0.05, 0.1) is 6.10 Å². The smallest absolute Gasteiger partial charge is 0.220 e. The van der Waals surface area contributed by atoms with E-state index >= 15 is 0 Å². The van der Waals surface area contributed by atoms with Crippen LogP contribution in [0.2, 0.25) is 0 Å². The standard InChI is InChI=1S/C18H28N2O2/c1-19-12-5-13-20-18(21)11-10-15-6-4-9-17(14-15)22-16-7-2-3-8-16/h4,6,9,14,16,19H,2-3,5,7-8,10-13H2,1H3,(H,20,21). The summed E-state index contributed by atoms with van der Waals surface area (Å²) in [5.74, 6) is 1.07. The molecule has 1 saturated carbocycles. The van der Waals surface area contributed by atoms with E-state index in [1.807, 2.05) is 19.2 Å². The van der Waals surface area contributed by atoms with Gasteiger partial charge >= 0.3 is 0 Å². The van der Waals surface area contributed by atoms with Crippen LogP contribution in [-0.4, -0.2) is 32.1 Å². The number of ether oxygens (including phenoxy) is 1. The van der Waals surface area contributed by atoms with Gasteiger partial charge in [0.25, 0.3) is 0 Å². The number of rotatable bonds is 9. The van der Waals surface area contributed by atoms with Gasteiger partial charge < -0.3 is 15.4 Å². The number of amides is 1. The van der Waals surface area contributed by atoms with E-state index in [1.54, 1.807) is 0 Å². The van der Waals surface area contributed by atoms with Gasteiger partial charge in [-0.1, -0.05) is 12.1 Å². The average molecular weight is 304 g/mol. The summed E-state index contributed by atoms with van der Waals surface area (Å²) in [5, 5.41) is 6.02. The highest BCUT2D eigenvalue weighted by Crippen LogP contribution is 2.24. The summed E-state index contributed by atoms with van der Waals surface area (Å²) >= 11 is 0. The zero-order chi connectivity index (χ0) is 15.6. The summed E-state index contributed by atoms with van der Waals surface area (Å²) in [5.41, 5.74) is 1.17. The number of hydrogen-bond acceptors (Lipinski definition) is 3. The molecular formula is C18H28N2O2. The van der Waals surface area contributed by atoms with Crippen molar-refractivity contribution in [2.24, 2.45) is 0 Å². The molecule has 0 bridgehead atoms. The van der Waals surface area contributed by atoms with Crippen molar-refractivity contribution in [2.75, 3.05) is 20.1 Å². The van der Waals surface area contributed by atoms with Gasteiger partial charge in [0, 0.05) is 13.0 Å². The third-order valence-corrected chi connectivity index (χ3v) is 4.07. The van der Waals surface area contributed by atoms with Crippen LogP contribution in [0, 0.1) is 0 Å². The normalized spacial score (nSPS) is 15.0. The molecule has 0 radical (unpaired) electrons. The fraction of sp³-hybridized carbons (Fsp3) is 0.611. The van der Waals surface area contributed by atoms with Crippen molar-refractivity contribution in [2.45, 2.75) is 51.0 Å². The van der Waals surface area contributed by atoms with Gasteiger partial charge in [-0.25, -0.2) is 0 Å². The van der Waals surface area contributed by atoms with Crippen LogP contribution in [0.5, 0.6) is 5.75 Å². The fourth-order valence-electron chi connectivity index (χ4n) is 2.81. The van der Waals surface area contributed by atoms with Crippen molar-refractivity contribution in [1.29, 1.82) is 0 Å². The minimum absolute atomic E-state index is 0.123. The largest absolute Gasteiger partial charge is 0.490 e. The molecule has 2 N–H and O–H groups in total. The lowest BCUT2D eigenvalue weighted by atomic mass is 10.1. The van der Waals surface area contributed by atoms with Crippen molar-refractivity contribution >= 4 is 5.91 Å². The maximum atomic E-state index is 11.8. The number of hydrogen-bond donors (Lipinski definition) is 2. The molecule has 0 spiro atoms. The zero-order valence-electron chi connectivity index (χ0n) is 13.6. The molecule has 1 aromatic rings. The Morgan fingerprint density at radius 1 is 1.27 bits per heavy atom. The van der Waals surface area contributed by atoms with E-state index in [2.05, 4.69) is 22.8 Å². The molecule has 1 aliphatic rings. The van der Waals surface area contributed by atoms with Crippen LogP contribution in [0.25, 0.3) is 0 Å². The molecule has 122 valence electrons. The van der Waals surface area contributed by atoms with Gasteiger partial charge in [-0.05, 0) is 69.8 Å². The van der Waals surface area contributed by atoms with Crippen molar-refractivity contribution in [1.82, 2.24) is 10.6 Å². The Morgan fingerprint density at radius 2 is 2.09 bits per heavy atom. The Morgan fingerprint density at radius 3 is 2.86 bits per heavy atom. The first-order valence-electron chi connectivity index (χ1n) is 8.45. The molecule has 4 heteroatoms. The Balaban J connectivity index is 1.71. The maximum absolute atomic E-state index is 11.8. The number of aryl methyl sites for hydroxylation is 1. The van der Waals surface area contributed by atoms with E-state index < -0.39 is 0 Å². The minimum Gasteiger partial charge on any atom is -0.490 e. The van der Waals surface area contributed by atoms with Crippen LogP contribution in [0.15, 0.2) is 24.3 Å².